The number of halogens is 1. The highest BCUT2D eigenvalue weighted by atomic mass is 35.5. The van der Waals surface area contributed by atoms with Gasteiger partial charge in [0.2, 0.25) is 5.82 Å². The maximum Gasteiger partial charge on any atom is 0.292 e. The minimum absolute atomic E-state index is 0.0203. The molecule has 1 atom stereocenters. The van der Waals surface area contributed by atoms with Crippen molar-refractivity contribution in [2.24, 2.45) is 0 Å². The average Bonchev–Trinajstić information content (AvgIpc) is 3.04. The van der Waals surface area contributed by atoms with Crippen LogP contribution in [-0.2, 0) is 0 Å². The summed E-state index contributed by atoms with van der Waals surface area (Å²) in [7, 11) is 0. The van der Waals surface area contributed by atoms with Crippen LogP contribution in [0.5, 0.6) is 0 Å². The Morgan fingerprint density at radius 3 is 2.70 bits per heavy atom. The largest absolute Gasteiger partial charge is 0.348 e. The van der Waals surface area contributed by atoms with E-state index in [-0.39, 0.29) is 23.5 Å². The van der Waals surface area contributed by atoms with Crippen LogP contribution in [0.4, 0.5) is 5.69 Å². The van der Waals surface area contributed by atoms with Gasteiger partial charge in [-0.2, -0.15) is 0 Å². The monoisotopic (exact) mass is 384 g/mol. The van der Waals surface area contributed by atoms with Crippen LogP contribution in [0.3, 0.4) is 0 Å². The van der Waals surface area contributed by atoms with Gasteiger partial charge in [-0.3, -0.25) is 14.0 Å². The Morgan fingerprint density at radius 1 is 1.22 bits per heavy atom. The van der Waals surface area contributed by atoms with Gasteiger partial charge in [0.1, 0.15) is 0 Å². The number of pyridine rings is 1. The molecule has 0 saturated heterocycles. The van der Waals surface area contributed by atoms with E-state index in [2.05, 4.69) is 15.6 Å². The lowest BCUT2D eigenvalue weighted by molar-refractivity contribution is 0.0936. The minimum atomic E-state index is -0.399. The summed E-state index contributed by atoms with van der Waals surface area (Å²) in [6, 6.07) is 10.6. The zero-order valence-corrected chi connectivity index (χ0v) is 16.2. The second kappa shape index (κ2) is 7.80. The number of anilines is 1. The Kier molecular flexibility index (Phi) is 5.46. The number of carbonyl (C=O) groups excluding carboxylic acids is 2. The molecule has 1 aromatic carbocycles. The summed E-state index contributed by atoms with van der Waals surface area (Å²) in [5.41, 5.74) is 2.29. The molecule has 1 unspecified atom stereocenters. The van der Waals surface area contributed by atoms with E-state index >= 15 is 0 Å². The van der Waals surface area contributed by atoms with Gasteiger partial charge >= 0.3 is 0 Å². The van der Waals surface area contributed by atoms with Crippen molar-refractivity contribution >= 4 is 34.6 Å². The zero-order valence-electron chi connectivity index (χ0n) is 15.4. The first-order valence-electron chi connectivity index (χ1n) is 8.76. The Labute approximate surface area is 162 Å². The van der Waals surface area contributed by atoms with Crippen LogP contribution in [0.25, 0.3) is 5.52 Å². The molecular formula is C20H21ClN4O2. The molecule has 6 nitrogen and oxygen atoms in total. The van der Waals surface area contributed by atoms with Gasteiger partial charge in [0, 0.05) is 22.9 Å². The molecule has 2 aromatic heterocycles. The number of nitrogens with one attached hydrogen (secondary N) is 2. The van der Waals surface area contributed by atoms with Crippen LogP contribution in [-0.4, -0.2) is 27.2 Å². The summed E-state index contributed by atoms with van der Waals surface area (Å²) in [5, 5.41) is 6.33. The molecule has 7 heteroatoms. The molecule has 3 rings (SSSR count). The number of hydrogen-bond acceptors (Lipinski definition) is 3. The third-order valence-electron chi connectivity index (χ3n) is 4.39. The molecule has 140 valence electrons. The number of imidazole rings is 1. The molecule has 0 saturated carbocycles. The predicted octanol–water partition coefficient (Wildman–Crippen LogP) is 4.08. The normalized spacial score (nSPS) is 12.0. The smallest absolute Gasteiger partial charge is 0.292 e. The van der Waals surface area contributed by atoms with Gasteiger partial charge in [-0.05, 0) is 56.2 Å². The minimum Gasteiger partial charge on any atom is -0.348 e. The molecule has 0 aliphatic heterocycles. The van der Waals surface area contributed by atoms with Crippen LogP contribution in [0.15, 0.2) is 42.6 Å². The fourth-order valence-corrected chi connectivity index (χ4v) is 2.93. The van der Waals surface area contributed by atoms with E-state index in [0.29, 0.717) is 16.2 Å². The Hall–Kier alpha value is -2.86. The Bertz CT molecular complexity index is 1010. The fourth-order valence-electron chi connectivity index (χ4n) is 2.70. The standard InChI is InChI=1S/C20H21ClN4O2/c1-4-13(3)22-19(26)17-16-7-5-6-10-25(16)18(24-17)20(27)23-15-9-8-14(21)11-12(15)2/h5-11,13H,4H2,1-3H3,(H,22,26)(H,23,27). The molecule has 0 bridgehead atoms. The number of fused-ring (bicyclic) bond motifs is 1. The first-order valence-corrected chi connectivity index (χ1v) is 9.14. The van der Waals surface area contributed by atoms with Crippen molar-refractivity contribution in [3.63, 3.8) is 0 Å². The van der Waals surface area contributed by atoms with Gasteiger partial charge in [-0.25, -0.2) is 4.98 Å². The molecular weight excluding hydrogens is 364 g/mol. The SMILES string of the molecule is CCC(C)NC(=O)c1nc(C(=O)Nc2ccc(Cl)cc2C)n2ccccc12. The van der Waals surface area contributed by atoms with Gasteiger partial charge in [-0.1, -0.05) is 24.6 Å². The Morgan fingerprint density at radius 2 is 2.00 bits per heavy atom. The van der Waals surface area contributed by atoms with Crippen LogP contribution >= 0.6 is 11.6 Å². The molecule has 2 N–H and O–H groups in total. The second-order valence-electron chi connectivity index (χ2n) is 6.44. The zero-order chi connectivity index (χ0) is 19.6. The lowest BCUT2D eigenvalue weighted by Crippen LogP contribution is -2.32. The third-order valence-corrected chi connectivity index (χ3v) is 4.63. The molecule has 3 aromatic rings. The fraction of sp³-hybridized carbons (Fsp3) is 0.250. The highest BCUT2D eigenvalue weighted by Gasteiger charge is 2.22. The number of rotatable bonds is 5. The summed E-state index contributed by atoms with van der Waals surface area (Å²) in [6.45, 7) is 5.77. The first-order chi connectivity index (χ1) is 12.9. The number of aromatic nitrogens is 2. The average molecular weight is 385 g/mol. The highest BCUT2D eigenvalue weighted by Crippen LogP contribution is 2.21. The molecule has 0 aliphatic carbocycles. The molecule has 2 amide bonds. The highest BCUT2D eigenvalue weighted by molar-refractivity contribution is 6.30. The quantitative estimate of drug-likeness (QED) is 0.696. The van der Waals surface area contributed by atoms with Crippen LogP contribution in [0.2, 0.25) is 5.02 Å². The lowest BCUT2D eigenvalue weighted by atomic mass is 10.2. The summed E-state index contributed by atoms with van der Waals surface area (Å²) in [5.74, 6) is -0.548. The first kappa shape index (κ1) is 18.9. The molecule has 0 aliphatic rings. The number of benzene rings is 1. The van der Waals surface area contributed by atoms with Crippen LogP contribution < -0.4 is 10.6 Å². The van der Waals surface area contributed by atoms with E-state index in [9.17, 15) is 9.59 Å². The number of nitrogens with zero attached hydrogens (tertiary/aromatic N) is 2. The van der Waals surface area contributed by atoms with Crippen molar-refractivity contribution in [1.29, 1.82) is 0 Å². The maximum absolute atomic E-state index is 12.8. The van der Waals surface area contributed by atoms with E-state index in [4.69, 9.17) is 11.6 Å². The molecule has 0 fully saturated rings. The topological polar surface area (TPSA) is 75.5 Å². The number of aryl methyl sites for hydroxylation is 1. The van der Waals surface area contributed by atoms with Gasteiger partial charge in [0.05, 0.1) is 5.52 Å². The number of hydrogen-bond donors (Lipinski definition) is 2. The van der Waals surface area contributed by atoms with E-state index in [0.717, 1.165) is 12.0 Å². The summed E-state index contributed by atoms with van der Waals surface area (Å²) in [6.07, 6.45) is 2.52. The van der Waals surface area contributed by atoms with Crippen molar-refractivity contribution < 1.29 is 9.59 Å². The van der Waals surface area contributed by atoms with Gasteiger partial charge < -0.3 is 10.6 Å². The van der Waals surface area contributed by atoms with Crippen molar-refractivity contribution in [3.8, 4) is 0 Å². The van der Waals surface area contributed by atoms with Gasteiger partial charge in [0.25, 0.3) is 11.8 Å². The van der Waals surface area contributed by atoms with E-state index < -0.39 is 5.91 Å². The lowest BCUT2D eigenvalue weighted by Gasteiger charge is -2.09. The van der Waals surface area contributed by atoms with Crippen LogP contribution in [0, 0.1) is 6.92 Å². The van der Waals surface area contributed by atoms with Crippen LogP contribution in [0.1, 0.15) is 46.9 Å². The van der Waals surface area contributed by atoms with Gasteiger partial charge in [0.15, 0.2) is 5.69 Å². The predicted molar refractivity (Wildman–Crippen MR) is 107 cm³/mol. The van der Waals surface area contributed by atoms with Crippen molar-refractivity contribution in [2.45, 2.75) is 33.2 Å². The van der Waals surface area contributed by atoms with E-state index in [1.54, 1.807) is 40.9 Å². The Balaban J connectivity index is 1.97. The van der Waals surface area contributed by atoms with Crippen molar-refractivity contribution in [3.05, 3.63) is 64.7 Å². The molecule has 0 spiro atoms. The number of amides is 2. The van der Waals surface area contributed by atoms with E-state index in [1.807, 2.05) is 26.8 Å². The summed E-state index contributed by atoms with van der Waals surface area (Å²) >= 11 is 5.97. The number of carbonyl (C=O) groups is 2. The summed E-state index contributed by atoms with van der Waals surface area (Å²) < 4.78 is 1.62. The second-order valence-corrected chi connectivity index (χ2v) is 6.87. The molecule has 27 heavy (non-hydrogen) atoms. The van der Waals surface area contributed by atoms with Crippen molar-refractivity contribution in [1.82, 2.24) is 14.7 Å². The third kappa shape index (κ3) is 3.95. The summed E-state index contributed by atoms with van der Waals surface area (Å²) in [4.78, 5) is 29.7. The maximum atomic E-state index is 12.8. The van der Waals surface area contributed by atoms with E-state index in [1.165, 1.54) is 0 Å². The molecule has 2 heterocycles. The van der Waals surface area contributed by atoms with Crippen molar-refractivity contribution in [2.75, 3.05) is 5.32 Å². The van der Waals surface area contributed by atoms with Gasteiger partial charge in [-0.15, -0.1) is 0 Å². The molecule has 0 radical (unpaired) electrons.